The summed E-state index contributed by atoms with van der Waals surface area (Å²) >= 11 is 1.24. The highest BCUT2D eigenvalue weighted by atomic mass is 32.2. The minimum atomic E-state index is -3.96. The van der Waals surface area contributed by atoms with Crippen LogP contribution in [0.25, 0.3) is 11.5 Å². The summed E-state index contributed by atoms with van der Waals surface area (Å²) in [5.41, 5.74) is 11.2. The summed E-state index contributed by atoms with van der Waals surface area (Å²) in [5.74, 6) is 1.14. The number of thiazole rings is 1. The van der Waals surface area contributed by atoms with Gasteiger partial charge in [-0.3, -0.25) is 0 Å². The van der Waals surface area contributed by atoms with Crippen LogP contribution < -0.4 is 21.5 Å². The minimum Gasteiger partial charge on any atom is -0.497 e. The molecule has 0 aliphatic carbocycles. The third kappa shape index (κ3) is 4.73. The third-order valence-corrected chi connectivity index (χ3v) is 5.64. The van der Waals surface area contributed by atoms with E-state index in [2.05, 4.69) is 19.7 Å². The van der Waals surface area contributed by atoms with Gasteiger partial charge in [-0.25, -0.2) is 4.98 Å². The van der Waals surface area contributed by atoms with E-state index in [1.165, 1.54) is 30.6 Å². The minimum absolute atomic E-state index is 0.0270. The van der Waals surface area contributed by atoms with Crippen LogP contribution in [-0.2, 0) is 10.0 Å². The van der Waals surface area contributed by atoms with Gasteiger partial charge in [-0.05, 0) is 36.4 Å². The van der Waals surface area contributed by atoms with Gasteiger partial charge in [0.15, 0.2) is 23.3 Å². The summed E-state index contributed by atoms with van der Waals surface area (Å²) in [4.78, 5) is 8.14. The van der Waals surface area contributed by atoms with Crippen LogP contribution in [0.4, 0.5) is 5.13 Å². The topological polar surface area (TPSA) is 158 Å². The molecule has 0 aliphatic rings. The van der Waals surface area contributed by atoms with Crippen molar-refractivity contribution in [3.05, 3.63) is 47.5 Å². The van der Waals surface area contributed by atoms with Gasteiger partial charge in [0.25, 0.3) is 10.0 Å². The van der Waals surface area contributed by atoms with Crippen molar-refractivity contribution < 1.29 is 17.6 Å². The molecule has 12 heteroatoms. The lowest BCUT2D eigenvalue weighted by Crippen LogP contribution is -2.21. The highest BCUT2D eigenvalue weighted by Crippen LogP contribution is 2.28. The lowest BCUT2D eigenvalue weighted by molar-refractivity contribution is 0.414. The molecule has 0 aliphatic heterocycles. The molecule has 2 heterocycles. The summed E-state index contributed by atoms with van der Waals surface area (Å²) in [7, 11) is -0.915. The van der Waals surface area contributed by atoms with Gasteiger partial charge in [0.1, 0.15) is 11.4 Å². The first-order valence-corrected chi connectivity index (χ1v) is 10.5. The normalized spacial score (nSPS) is 11.9. The van der Waals surface area contributed by atoms with E-state index in [0.717, 1.165) is 0 Å². The number of ether oxygens (including phenoxy) is 1. The van der Waals surface area contributed by atoms with Crippen molar-refractivity contribution in [2.75, 3.05) is 14.2 Å². The Morgan fingerprint density at radius 3 is 2.55 bits per heavy atom. The first kappa shape index (κ1) is 20.4. The fraction of sp³-hybridized carbons (Fsp3) is 0.118. The monoisotopic (exact) mass is 434 g/mol. The van der Waals surface area contributed by atoms with Crippen molar-refractivity contribution in [1.82, 2.24) is 10.3 Å². The van der Waals surface area contributed by atoms with Gasteiger partial charge in [-0.2, -0.15) is 13.4 Å². The zero-order valence-corrected chi connectivity index (χ0v) is 17.1. The first-order chi connectivity index (χ1) is 13.8. The Kier molecular flexibility index (Phi) is 5.84. The maximum Gasteiger partial charge on any atom is 0.284 e. The molecule has 10 nitrogen and oxygen atoms in total. The number of nitrogens with two attached hydrogens (primary N) is 2. The van der Waals surface area contributed by atoms with Gasteiger partial charge >= 0.3 is 0 Å². The van der Waals surface area contributed by atoms with Crippen LogP contribution >= 0.6 is 11.3 Å². The molecule has 0 amide bonds. The first-order valence-electron chi connectivity index (χ1n) is 8.15. The Balaban J connectivity index is 1.90. The van der Waals surface area contributed by atoms with Crippen molar-refractivity contribution in [1.29, 1.82) is 0 Å². The standard InChI is InChI=1S/C17H18N6O4S2/c1-20-15(23-29(24,25)11-5-3-10(26-2)4-6-11)14-8-7-13(27-14)12-9-28-17(21-12)22-16(18)19/h3-9H,1-2H3,(H,20,23)(H4,18,19,21,22). The lowest BCUT2D eigenvalue weighted by atomic mass is 10.3. The fourth-order valence-electron chi connectivity index (χ4n) is 2.28. The van der Waals surface area contributed by atoms with E-state index in [9.17, 15) is 8.42 Å². The number of nitrogens with zero attached hydrogens (tertiary/aromatic N) is 3. The summed E-state index contributed by atoms with van der Waals surface area (Å²) in [6, 6.07) is 9.16. The number of aromatic nitrogens is 1. The van der Waals surface area contributed by atoms with E-state index in [-0.39, 0.29) is 22.5 Å². The van der Waals surface area contributed by atoms with Crippen LogP contribution in [0.2, 0.25) is 0 Å². The predicted molar refractivity (Wildman–Crippen MR) is 111 cm³/mol. The fourth-order valence-corrected chi connectivity index (χ4v) is 3.98. The van der Waals surface area contributed by atoms with Gasteiger partial charge in [0.05, 0.1) is 12.0 Å². The second-order valence-electron chi connectivity index (χ2n) is 5.56. The van der Waals surface area contributed by atoms with Crippen LogP contribution in [0.5, 0.6) is 5.75 Å². The molecule has 0 fully saturated rings. The highest BCUT2D eigenvalue weighted by molar-refractivity contribution is 7.90. The smallest absolute Gasteiger partial charge is 0.284 e. The Hall–Kier alpha value is -3.38. The van der Waals surface area contributed by atoms with Crippen molar-refractivity contribution in [2.24, 2.45) is 20.9 Å². The molecule has 2 aromatic heterocycles. The Morgan fingerprint density at radius 1 is 1.21 bits per heavy atom. The summed E-state index contributed by atoms with van der Waals surface area (Å²) in [5, 5.41) is 4.84. The van der Waals surface area contributed by atoms with Crippen molar-refractivity contribution >= 4 is 38.3 Å². The summed E-state index contributed by atoms with van der Waals surface area (Å²) < 4.78 is 39.8. The largest absolute Gasteiger partial charge is 0.497 e. The zero-order chi connectivity index (χ0) is 21.0. The lowest BCUT2D eigenvalue weighted by Gasteiger charge is -2.05. The summed E-state index contributed by atoms with van der Waals surface area (Å²) in [6.45, 7) is 0. The van der Waals surface area contributed by atoms with E-state index in [1.54, 1.807) is 36.7 Å². The van der Waals surface area contributed by atoms with Crippen LogP contribution in [0.3, 0.4) is 0 Å². The second kappa shape index (κ2) is 8.32. The number of benzene rings is 1. The highest BCUT2D eigenvalue weighted by Gasteiger charge is 2.18. The third-order valence-electron chi connectivity index (χ3n) is 3.61. The molecule has 0 unspecified atom stereocenters. The van der Waals surface area contributed by atoms with Gasteiger partial charge in [-0.15, -0.1) is 15.7 Å². The molecule has 0 atom stereocenters. The quantitative estimate of drug-likeness (QED) is 0.390. The molecule has 0 radical (unpaired) electrons. The van der Waals surface area contributed by atoms with Crippen LogP contribution in [0.1, 0.15) is 5.76 Å². The number of hydrogen-bond acceptors (Lipinski definition) is 7. The molecule has 0 saturated heterocycles. The van der Waals surface area contributed by atoms with Crippen LogP contribution in [-0.4, -0.2) is 39.4 Å². The number of aliphatic imine (C=N–C) groups is 1. The van der Waals surface area contributed by atoms with Crippen molar-refractivity contribution in [2.45, 2.75) is 4.90 Å². The molecule has 5 N–H and O–H groups in total. The van der Waals surface area contributed by atoms with Crippen LogP contribution in [0.15, 0.2) is 60.5 Å². The Bertz CT molecular complexity index is 1160. The number of guanidine groups is 1. The van der Waals surface area contributed by atoms with Crippen molar-refractivity contribution in [3.63, 3.8) is 0 Å². The number of furan rings is 1. The Morgan fingerprint density at radius 2 is 1.93 bits per heavy atom. The van der Waals surface area contributed by atoms with E-state index in [0.29, 0.717) is 22.3 Å². The molecule has 0 saturated carbocycles. The molecule has 1 aromatic carbocycles. The maximum atomic E-state index is 12.6. The molecule has 3 aromatic rings. The van der Waals surface area contributed by atoms with E-state index in [4.69, 9.17) is 20.6 Å². The predicted octanol–water partition coefficient (Wildman–Crippen LogP) is 1.67. The number of hydrogen-bond donors (Lipinski definition) is 3. The molecule has 152 valence electrons. The SMILES string of the molecule is CNC(=NS(=O)(=O)c1ccc(OC)cc1)c1ccc(-c2csc(N=C(N)N)n2)o1. The Labute approximate surface area is 171 Å². The van der Waals surface area contributed by atoms with Gasteiger partial charge in [-0.1, -0.05) is 0 Å². The van der Waals surface area contributed by atoms with E-state index in [1.807, 2.05) is 0 Å². The summed E-state index contributed by atoms with van der Waals surface area (Å²) in [6.07, 6.45) is 0. The van der Waals surface area contributed by atoms with Crippen molar-refractivity contribution in [3.8, 4) is 17.2 Å². The van der Waals surface area contributed by atoms with Gasteiger partial charge < -0.3 is 25.9 Å². The second-order valence-corrected chi connectivity index (χ2v) is 8.00. The number of rotatable bonds is 6. The number of amidine groups is 1. The number of nitrogens with one attached hydrogen (secondary N) is 1. The molecular weight excluding hydrogens is 416 g/mol. The average Bonchev–Trinajstić information content (AvgIpc) is 3.35. The molecule has 3 rings (SSSR count). The van der Waals surface area contributed by atoms with Gasteiger partial charge in [0.2, 0.25) is 5.13 Å². The van der Waals surface area contributed by atoms with E-state index < -0.39 is 10.0 Å². The van der Waals surface area contributed by atoms with Gasteiger partial charge in [0, 0.05) is 12.4 Å². The zero-order valence-electron chi connectivity index (χ0n) is 15.5. The molecule has 0 spiro atoms. The van der Waals surface area contributed by atoms with E-state index >= 15 is 0 Å². The number of methoxy groups -OCH3 is 1. The maximum absolute atomic E-state index is 12.6. The molecule has 0 bridgehead atoms. The average molecular weight is 435 g/mol. The van der Waals surface area contributed by atoms with Crippen LogP contribution in [0, 0.1) is 0 Å². The molecular formula is C17H18N6O4S2. The molecule has 29 heavy (non-hydrogen) atoms. The number of sulfonamides is 1.